The molecule has 0 saturated heterocycles. The Balaban J connectivity index is 1.86. The Bertz CT molecular complexity index is 796. The molecule has 0 aliphatic carbocycles. The molecule has 2 aromatic rings. The Hall–Kier alpha value is -2.03. The molecule has 0 spiro atoms. The minimum Gasteiger partial charge on any atom is -0.481 e. The van der Waals surface area contributed by atoms with E-state index in [4.69, 9.17) is 5.11 Å². The van der Waals surface area contributed by atoms with Crippen molar-refractivity contribution in [2.24, 2.45) is 0 Å². The van der Waals surface area contributed by atoms with Gasteiger partial charge in [-0.3, -0.25) is 9.59 Å². The molecule has 0 aliphatic rings. The average Bonchev–Trinajstić information content (AvgIpc) is 3.08. The lowest BCUT2D eigenvalue weighted by Crippen LogP contribution is -2.25. The van der Waals surface area contributed by atoms with Gasteiger partial charge in [0.25, 0.3) is 0 Å². The quantitative estimate of drug-likeness (QED) is 0.663. The third-order valence-corrected chi connectivity index (χ3v) is 6.17. The minimum atomic E-state index is -3.47. The molecule has 1 heterocycles. The second-order valence-electron chi connectivity index (χ2n) is 5.09. The summed E-state index contributed by atoms with van der Waals surface area (Å²) in [7, 11) is -3.47. The molecule has 128 valence electrons. The summed E-state index contributed by atoms with van der Waals surface area (Å²) in [4.78, 5) is 22.2. The highest BCUT2D eigenvalue weighted by Crippen LogP contribution is 2.15. The zero-order chi connectivity index (χ0) is 17.6. The van der Waals surface area contributed by atoms with Gasteiger partial charge in [-0.1, -0.05) is 30.3 Å². The smallest absolute Gasteiger partial charge is 0.303 e. The van der Waals surface area contributed by atoms with E-state index in [1.807, 2.05) is 0 Å². The van der Waals surface area contributed by atoms with Crippen LogP contribution in [0, 0.1) is 0 Å². The SMILES string of the molecule is O=C(O)CCC(=O)c1ccc(CCNS(=O)(=O)c2cccs2)cc1. The number of nitrogens with one attached hydrogen (secondary N) is 1. The molecule has 2 rings (SSSR count). The predicted octanol–water partition coefficient (Wildman–Crippen LogP) is 2.32. The van der Waals surface area contributed by atoms with Gasteiger partial charge in [0.1, 0.15) is 4.21 Å². The number of carbonyl (C=O) groups is 2. The predicted molar refractivity (Wildman–Crippen MR) is 90.9 cm³/mol. The summed E-state index contributed by atoms with van der Waals surface area (Å²) in [5, 5.41) is 10.3. The number of aliphatic carboxylic acids is 1. The van der Waals surface area contributed by atoms with Gasteiger partial charge in [-0.2, -0.15) is 0 Å². The van der Waals surface area contributed by atoms with Crippen LogP contribution in [-0.4, -0.2) is 31.8 Å². The van der Waals surface area contributed by atoms with Gasteiger partial charge in [-0.05, 0) is 23.4 Å². The van der Waals surface area contributed by atoms with Crippen LogP contribution in [-0.2, 0) is 21.2 Å². The summed E-state index contributed by atoms with van der Waals surface area (Å²) < 4.78 is 26.7. The molecular weight excluding hydrogens is 350 g/mol. The molecule has 2 N–H and O–H groups in total. The number of sulfonamides is 1. The summed E-state index contributed by atoms with van der Waals surface area (Å²) in [6.07, 6.45) is 0.272. The fourth-order valence-electron chi connectivity index (χ4n) is 2.04. The van der Waals surface area contributed by atoms with Crippen molar-refractivity contribution in [2.45, 2.75) is 23.5 Å². The van der Waals surface area contributed by atoms with E-state index in [0.717, 1.165) is 16.9 Å². The molecule has 0 unspecified atom stereocenters. The van der Waals surface area contributed by atoms with Gasteiger partial charge in [-0.25, -0.2) is 13.1 Å². The maximum Gasteiger partial charge on any atom is 0.303 e. The molecule has 0 amide bonds. The molecular formula is C16H17NO5S2. The van der Waals surface area contributed by atoms with Crippen LogP contribution in [0.3, 0.4) is 0 Å². The first-order valence-corrected chi connectivity index (χ1v) is 9.62. The van der Waals surface area contributed by atoms with E-state index in [1.165, 1.54) is 0 Å². The monoisotopic (exact) mass is 367 g/mol. The highest BCUT2D eigenvalue weighted by atomic mass is 32.2. The standard InChI is InChI=1S/C16H17NO5S2/c18-14(7-8-15(19)20)13-5-3-12(4-6-13)9-10-17-24(21,22)16-2-1-11-23-16/h1-6,11,17H,7-10H2,(H,19,20). The molecule has 0 saturated carbocycles. The Labute approximate surface area is 144 Å². The summed E-state index contributed by atoms with van der Waals surface area (Å²) >= 11 is 1.16. The molecule has 8 heteroatoms. The second kappa shape index (κ2) is 8.18. The Morgan fingerprint density at radius 3 is 2.38 bits per heavy atom. The number of rotatable bonds is 9. The summed E-state index contributed by atoms with van der Waals surface area (Å²) in [6.45, 7) is 0.256. The lowest BCUT2D eigenvalue weighted by molar-refractivity contribution is -0.136. The number of Topliss-reactive ketones (excluding diaryl/α,β-unsaturated/α-hetero) is 1. The summed E-state index contributed by atoms with van der Waals surface area (Å²) in [6, 6.07) is 9.98. The van der Waals surface area contributed by atoms with Crippen molar-refractivity contribution in [3.05, 3.63) is 52.9 Å². The maximum absolute atomic E-state index is 12.0. The lowest BCUT2D eigenvalue weighted by Gasteiger charge is -2.06. The third-order valence-electron chi connectivity index (χ3n) is 3.31. The van der Waals surface area contributed by atoms with E-state index in [0.29, 0.717) is 12.0 Å². The zero-order valence-corrected chi connectivity index (χ0v) is 14.4. The molecule has 0 aliphatic heterocycles. The number of thiophene rings is 1. The lowest BCUT2D eigenvalue weighted by atomic mass is 10.0. The van der Waals surface area contributed by atoms with Crippen molar-refractivity contribution in [2.75, 3.05) is 6.54 Å². The van der Waals surface area contributed by atoms with Gasteiger partial charge in [0.2, 0.25) is 10.0 Å². The fourth-order valence-corrected chi connectivity index (χ4v) is 4.11. The fraction of sp³-hybridized carbons (Fsp3) is 0.250. The first kappa shape index (κ1) is 18.3. The molecule has 1 aromatic heterocycles. The third kappa shape index (κ3) is 5.26. The van der Waals surface area contributed by atoms with Gasteiger partial charge < -0.3 is 5.11 Å². The largest absolute Gasteiger partial charge is 0.481 e. The van der Waals surface area contributed by atoms with Crippen molar-refractivity contribution in [3.8, 4) is 0 Å². The van der Waals surface area contributed by atoms with Gasteiger partial charge in [0.05, 0.1) is 6.42 Å². The van der Waals surface area contributed by atoms with Crippen molar-refractivity contribution < 1.29 is 23.1 Å². The van der Waals surface area contributed by atoms with Gasteiger partial charge >= 0.3 is 5.97 Å². The topological polar surface area (TPSA) is 101 Å². The first-order valence-electron chi connectivity index (χ1n) is 7.25. The van der Waals surface area contributed by atoms with E-state index in [1.54, 1.807) is 41.8 Å². The van der Waals surface area contributed by atoms with E-state index >= 15 is 0 Å². The number of hydrogen-bond donors (Lipinski definition) is 2. The van der Waals surface area contributed by atoms with Crippen molar-refractivity contribution in [1.82, 2.24) is 4.72 Å². The summed E-state index contributed by atoms with van der Waals surface area (Å²) in [5.41, 5.74) is 1.35. The van der Waals surface area contributed by atoms with Crippen LogP contribution >= 0.6 is 11.3 Å². The zero-order valence-electron chi connectivity index (χ0n) is 12.8. The van der Waals surface area contributed by atoms with E-state index in [9.17, 15) is 18.0 Å². The Kier molecular flexibility index (Phi) is 6.24. The number of carbonyl (C=O) groups excluding carboxylic acids is 1. The van der Waals surface area contributed by atoms with Crippen LogP contribution in [0.15, 0.2) is 46.0 Å². The van der Waals surface area contributed by atoms with E-state index in [-0.39, 0.29) is 29.4 Å². The molecule has 1 aromatic carbocycles. The molecule has 6 nitrogen and oxygen atoms in total. The molecule has 24 heavy (non-hydrogen) atoms. The van der Waals surface area contributed by atoms with Crippen molar-refractivity contribution in [1.29, 1.82) is 0 Å². The van der Waals surface area contributed by atoms with Crippen molar-refractivity contribution >= 4 is 33.1 Å². The minimum absolute atomic E-state index is 0.0324. The Morgan fingerprint density at radius 1 is 1.08 bits per heavy atom. The van der Waals surface area contributed by atoms with Crippen LogP contribution in [0.5, 0.6) is 0 Å². The van der Waals surface area contributed by atoms with Crippen LogP contribution in [0.25, 0.3) is 0 Å². The second-order valence-corrected chi connectivity index (χ2v) is 8.04. The highest BCUT2D eigenvalue weighted by Gasteiger charge is 2.14. The van der Waals surface area contributed by atoms with Crippen LogP contribution in [0.1, 0.15) is 28.8 Å². The van der Waals surface area contributed by atoms with Gasteiger partial charge in [0, 0.05) is 18.5 Å². The Morgan fingerprint density at radius 2 is 1.79 bits per heavy atom. The number of hydrogen-bond acceptors (Lipinski definition) is 5. The molecule has 0 atom stereocenters. The maximum atomic E-state index is 12.0. The number of carboxylic acid groups (broad SMARTS) is 1. The van der Waals surface area contributed by atoms with E-state index < -0.39 is 16.0 Å². The number of benzene rings is 1. The first-order chi connectivity index (χ1) is 11.4. The molecule has 0 bridgehead atoms. The highest BCUT2D eigenvalue weighted by molar-refractivity contribution is 7.91. The number of ketones is 1. The van der Waals surface area contributed by atoms with Crippen LogP contribution in [0.2, 0.25) is 0 Å². The van der Waals surface area contributed by atoms with E-state index in [2.05, 4.69) is 4.72 Å². The average molecular weight is 367 g/mol. The normalized spacial score (nSPS) is 11.3. The summed E-state index contributed by atoms with van der Waals surface area (Å²) in [5.74, 6) is -1.22. The van der Waals surface area contributed by atoms with Crippen molar-refractivity contribution in [3.63, 3.8) is 0 Å². The van der Waals surface area contributed by atoms with Crippen LogP contribution < -0.4 is 4.72 Å². The van der Waals surface area contributed by atoms with Crippen LogP contribution in [0.4, 0.5) is 0 Å². The molecule has 0 fully saturated rings. The van der Waals surface area contributed by atoms with Gasteiger partial charge in [-0.15, -0.1) is 11.3 Å². The molecule has 0 radical (unpaired) electrons. The van der Waals surface area contributed by atoms with Gasteiger partial charge in [0.15, 0.2) is 5.78 Å². The number of carboxylic acids is 1.